The molecular weight excluding hydrogens is 528 g/mol. The molecule has 4 heteroatoms. The minimum atomic E-state index is -0.000000000000000111. The van der Waals surface area contributed by atoms with Crippen molar-refractivity contribution in [3.05, 3.63) is 0 Å². The molecule has 0 saturated carbocycles. The van der Waals surface area contributed by atoms with Crippen LogP contribution >= 0.6 is 0 Å². The Hall–Kier alpha value is 2.39. The molecule has 0 nitrogen and oxygen atoms in total. The summed E-state index contributed by atoms with van der Waals surface area (Å²) in [6, 6.07) is 0. The SMILES string of the molecule is [Re].[Se]=[W]=[Se]. The predicted molar refractivity (Wildman–Crippen MR) is 11.5 cm³/mol. The van der Waals surface area contributed by atoms with Gasteiger partial charge in [0, 0.05) is 20.4 Å². The van der Waals surface area contributed by atoms with Crippen molar-refractivity contribution in [2.45, 2.75) is 0 Å². The summed E-state index contributed by atoms with van der Waals surface area (Å²) < 4.78 is 0. The van der Waals surface area contributed by atoms with E-state index in [0.29, 0.717) is 0 Å². The molecule has 25 valence electrons. The van der Waals surface area contributed by atoms with Crippen LogP contribution < -0.4 is 0 Å². The molecule has 0 aliphatic rings. The zero-order valence-corrected chi connectivity index (χ0v) is 10.7. The fraction of sp³-hybridized carbons (Fsp3) is 0. The van der Waals surface area contributed by atoms with E-state index in [1.54, 1.807) is 0 Å². The molecule has 0 aliphatic carbocycles. The van der Waals surface area contributed by atoms with Gasteiger partial charge in [0.25, 0.3) is 0 Å². The zero-order valence-electron chi connectivity index (χ0n) is 1.60. The fourth-order valence-corrected chi connectivity index (χ4v) is 0. The summed E-state index contributed by atoms with van der Waals surface area (Å²) in [4.78, 5) is 0. The van der Waals surface area contributed by atoms with E-state index < -0.39 is 0 Å². The molecule has 0 heterocycles. The molecule has 0 fully saturated rings. The molecule has 1 radical (unpaired) electrons. The Morgan fingerprint density at radius 1 is 1.25 bits per heavy atom. The third-order valence-electron chi connectivity index (χ3n) is 0. The molecule has 0 aromatic rings. The molecule has 0 unspecified atom stereocenters. The predicted octanol–water partition coefficient (Wildman–Crippen LogP) is -0.767. The van der Waals surface area contributed by atoms with E-state index in [4.69, 9.17) is 0 Å². The van der Waals surface area contributed by atoms with Crippen molar-refractivity contribution in [2.24, 2.45) is 0 Å². The van der Waals surface area contributed by atoms with Crippen LogP contribution in [0.1, 0.15) is 0 Å². The molecule has 0 aromatic heterocycles. The van der Waals surface area contributed by atoms with Gasteiger partial charge in [0.15, 0.2) is 0 Å². The Balaban J connectivity index is 0. The van der Waals surface area contributed by atoms with Crippen LogP contribution in [0, 0.1) is 0 Å². The summed E-state index contributed by atoms with van der Waals surface area (Å²) in [5.41, 5.74) is 0. The fourth-order valence-electron chi connectivity index (χ4n) is 0. The van der Waals surface area contributed by atoms with Gasteiger partial charge in [-0.3, -0.25) is 0 Å². The maximum atomic E-state index is 2.92. The van der Waals surface area contributed by atoms with Crippen LogP contribution in [0.4, 0.5) is 0 Å². The van der Waals surface area contributed by atoms with Gasteiger partial charge in [0.2, 0.25) is 0 Å². The molecule has 0 saturated heterocycles. The van der Waals surface area contributed by atoms with Crippen molar-refractivity contribution >= 4 is 25.6 Å². The van der Waals surface area contributed by atoms with Gasteiger partial charge in [-0.15, -0.1) is 0 Å². The normalized spacial score (nSPS) is 3.00. The van der Waals surface area contributed by atoms with Crippen molar-refractivity contribution in [2.75, 3.05) is 0 Å². The van der Waals surface area contributed by atoms with Gasteiger partial charge >= 0.3 is 38.9 Å². The average Bonchev–Trinajstić information content (AvgIpc) is 0.918. The second-order valence-electron chi connectivity index (χ2n) is 0.0680. The van der Waals surface area contributed by atoms with Gasteiger partial charge in [0.05, 0.1) is 0 Å². The summed E-state index contributed by atoms with van der Waals surface area (Å²) in [7, 11) is 0. The number of hydrogen-bond acceptors (Lipinski definition) is 0. The number of rotatable bonds is 0. The van der Waals surface area contributed by atoms with E-state index >= 15 is 0 Å². The van der Waals surface area contributed by atoms with Crippen LogP contribution in [0.5, 0.6) is 0 Å². The molecule has 0 aliphatic heterocycles. The first-order chi connectivity index (χ1) is 1.41. The first-order valence-corrected chi connectivity index (χ1v) is 14.2. The standard InChI is InChI=1S/Re.2Se.W. The monoisotopic (exact) mass is 531 g/mol. The zero-order chi connectivity index (χ0) is 2.71. The van der Waals surface area contributed by atoms with Gasteiger partial charge in [-0.1, -0.05) is 0 Å². The third-order valence-corrected chi connectivity index (χ3v) is 0. The topological polar surface area (TPSA) is 0 Å². The van der Waals surface area contributed by atoms with Gasteiger partial charge in [-0.25, -0.2) is 0 Å². The molecule has 0 amide bonds. The summed E-state index contributed by atoms with van der Waals surface area (Å²) in [5, 5.41) is 0. The van der Waals surface area contributed by atoms with E-state index in [0.717, 1.165) is 0 Å². The van der Waals surface area contributed by atoms with Crippen LogP contribution in [0.2, 0.25) is 0 Å². The van der Waals surface area contributed by atoms with Crippen LogP contribution in [-0.2, 0) is 33.7 Å². The second kappa shape index (κ2) is 9.04. The quantitative estimate of drug-likeness (QED) is 0.363. The van der Waals surface area contributed by atoms with E-state index in [-0.39, 0.29) is 33.7 Å². The Kier molecular flexibility index (Phi) is 21.8. The first kappa shape index (κ1) is 9.63. The molecule has 4 heavy (non-hydrogen) atoms. The van der Waals surface area contributed by atoms with Crippen LogP contribution in [0.15, 0.2) is 0 Å². The van der Waals surface area contributed by atoms with E-state index in [9.17, 15) is 0 Å². The van der Waals surface area contributed by atoms with Crippen molar-refractivity contribution in [3.8, 4) is 0 Å². The molecule has 0 spiro atoms. The van der Waals surface area contributed by atoms with Crippen molar-refractivity contribution in [1.82, 2.24) is 0 Å². The van der Waals surface area contributed by atoms with Gasteiger partial charge in [-0.05, 0) is 0 Å². The Morgan fingerprint density at radius 2 is 1.25 bits per heavy atom. The average molecular weight is 528 g/mol. The van der Waals surface area contributed by atoms with E-state index in [1.165, 1.54) is 0 Å². The van der Waals surface area contributed by atoms with Crippen LogP contribution in [0.25, 0.3) is 0 Å². The third kappa shape index (κ3) is 8.83. The molecule has 0 rings (SSSR count). The maximum absolute atomic E-state index is 2.92. The summed E-state index contributed by atoms with van der Waals surface area (Å²) >= 11 is 5.83. The Labute approximate surface area is 58.4 Å². The Bertz CT molecular complexity index is 27.0. The molecule has 0 N–H and O–H groups in total. The van der Waals surface area contributed by atoms with Crippen molar-refractivity contribution < 1.29 is 33.7 Å². The summed E-state index contributed by atoms with van der Waals surface area (Å²) in [6.07, 6.45) is 0. The van der Waals surface area contributed by atoms with Gasteiger partial charge in [0.1, 0.15) is 0 Å². The molecule has 0 bridgehead atoms. The minimum absolute atomic E-state index is 0. The van der Waals surface area contributed by atoms with Crippen molar-refractivity contribution in [3.63, 3.8) is 0 Å². The first-order valence-electron chi connectivity index (χ1n) is 0.333. The summed E-state index contributed by atoms with van der Waals surface area (Å²) in [6.45, 7) is 0. The molecular formula is ReSe2W. The van der Waals surface area contributed by atoms with E-state index in [1.807, 2.05) is 0 Å². The molecule has 0 atom stereocenters. The summed E-state index contributed by atoms with van der Waals surface area (Å²) in [5.74, 6) is 0. The van der Waals surface area contributed by atoms with Crippen molar-refractivity contribution in [1.29, 1.82) is 0 Å². The second-order valence-corrected chi connectivity index (χ2v) is 15.0. The number of hydrogen-bond donors (Lipinski definition) is 0. The Morgan fingerprint density at radius 3 is 1.25 bits per heavy atom. The van der Waals surface area contributed by atoms with Crippen LogP contribution in [0.3, 0.4) is 0 Å². The van der Waals surface area contributed by atoms with E-state index in [2.05, 4.69) is 25.6 Å². The molecule has 0 aromatic carbocycles. The van der Waals surface area contributed by atoms with Gasteiger partial charge < -0.3 is 0 Å². The van der Waals surface area contributed by atoms with Gasteiger partial charge in [-0.2, -0.15) is 0 Å². The van der Waals surface area contributed by atoms with Crippen LogP contribution in [-0.4, -0.2) is 25.6 Å².